The van der Waals surface area contributed by atoms with Crippen LogP contribution in [0, 0.1) is 3.57 Å². The summed E-state index contributed by atoms with van der Waals surface area (Å²) in [4.78, 5) is 12.1. The molecule has 0 unspecified atom stereocenters. The van der Waals surface area contributed by atoms with E-state index in [0.717, 1.165) is 15.7 Å². The van der Waals surface area contributed by atoms with Gasteiger partial charge in [0, 0.05) is 22.4 Å². The molecule has 0 bridgehead atoms. The van der Waals surface area contributed by atoms with Gasteiger partial charge in [-0.3, -0.25) is 10.1 Å². The van der Waals surface area contributed by atoms with E-state index in [-0.39, 0.29) is 12.1 Å². The number of rotatable bonds is 6. The van der Waals surface area contributed by atoms with Crippen molar-refractivity contribution in [1.29, 1.82) is 0 Å². The van der Waals surface area contributed by atoms with Crippen molar-refractivity contribution < 1.29 is 14.3 Å². The Bertz CT molecular complexity index is 500. The van der Waals surface area contributed by atoms with E-state index in [1.54, 1.807) is 0 Å². The van der Waals surface area contributed by atoms with Crippen molar-refractivity contribution in [3.05, 3.63) is 27.8 Å². The number of halogens is 2. The number of alkyl halides is 1. The molecule has 2 rings (SSSR count). The molecule has 1 aliphatic heterocycles. The highest BCUT2D eigenvalue weighted by atomic mass is 127. The first-order valence-electron chi connectivity index (χ1n) is 6.91. The zero-order chi connectivity index (χ0) is 15.3. The van der Waals surface area contributed by atoms with Gasteiger partial charge in [-0.1, -0.05) is 6.07 Å². The third-order valence-electron chi connectivity index (χ3n) is 3.66. The minimum Gasteiger partial charge on any atom is -0.489 e. The quantitative estimate of drug-likeness (QED) is 0.434. The number of benzene rings is 1. The fourth-order valence-corrected chi connectivity index (χ4v) is 3.32. The Morgan fingerprint density at radius 2 is 2.38 bits per heavy atom. The summed E-state index contributed by atoms with van der Waals surface area (Å²) in [6, 6.07) is 7.89. The number of carbonyl (C=O) groups excluding carboxylic acids is 1. The number of ether oxygens (including phenoxy) is 2. The molecule has 116 valence electrons. The van der Waals surface area contributed by atoms with Gasteiger partial charge in [-0.05, 0) is 53.6 Å². The molecule has 1 aromatic rings. The Morgan fingerprint density at radius 1 is 1.57 bits per heavy atom. The lowest BCUT2D eigenvalue weighted by molar-refractivity contribution is -0.148. The van der Waals surface area contributed by atoms with Gasteiger partial charge < -0.3 is 9.47 Å². The summed E-state index contributed by atoms with van der Waals surface area (Å²) < 4.78 is 12.1. The molecule has 0 aliphatic carbocycles. The lowest BCUT2D eigenvalue weighted by atomic mass is 9.91. The van der Waals surface area contributed by atoms with Crippen molar-refractivity contribution in [2.45, 2.75) is 30.9 Å². The topological polar surface area (TPSA) is 47.6 Å². The highest BCUT2D eigenvalue weighted by Gasteiger charge is 2.46. The largest absolute Gasteiger partial charge is 0.489 e. The molecule has 1 saturated heterocycles. The predicted octanol–water partition coefficient (Wildman–Crippen LogP) is 2.96. The smallest absolute Gasteiger partial charge is 0.326 e. The first-order chi connectivity index (χ1) is 10.1. The van der Waals surface area contributed by atoms with Gasteiger partial charge in [0.1, 0.15) is 17.4 Å². The van der Waals surface area contributed by atoms with Gasteiger partial charge in [0.25, 0.3) is 0 Å². The third-order valence-corrected chi connectivity index (χ3v) is 4.59. The van der Waals surface area contributed by atoms with Crippen LogP contribution in [0.2, 0.25) is 0 Å². The molecule has 1 aromatic carbocycles. The minimum atomic E-state index is -0.670. The molecule has 0 aromatic heterocycles. The molecule has 0 spiro atoms. The van der Waals surface area contributed by atoms with Crippen LogP contribution >= 0.6 is 34.2 Å². The van der Waals surface area contributed by atoms with E-state index in [4.69, 9.17) is 21.1 Å². The molecule has 6 heteroatoms. The SMILES string of the molecule is COC(=O)[C@]1(CCCCl)C[C@H](Oc2cccc(I)c2)CN1. The Labute approximate surface area is 143 Å². The van der Waals surface area contributed by atoms with Crippen LogP contribution < -0.4 is 10.1 Å². The van der Waals surface area contributed by atoms with Gasteiger partial charge in [0.2, 0.25) is 0 Å². The number of nitrogens with one attached hydrogen (secondary N) is 1. The molecular weight excluding hydrogens is 405 g/mol. The summed E-state index contributed by atoms with van der Waals surface area (Å²) in [7, 11) is 1.42. The van der Waals surface area contributed by atoms with E-state index < -0.39 is 5.54 Å². The van der Waals surface area contributed by atoms with Crippen LogP contribution in [0.4, 0.5) is 0 Å². The summed E-state index contributed by atoms with van der Waals surface area (Å²) in [5.74, 6) is 1.12. The Hall–Kier alpha value is -0.530. The van der Waals surface area contributed by atoms with Crippen LogP contribution in [-0.2, 0) is 9.53 Å². The first kappa shape index (κ1) is 16.8. The van der Waals surface area contributed by atoms with Crippen molar-refractivity contribution >= 4 is 40.2 Å². The van der Waals surface area contributed by atoms with Crippen LogP contribution in [0.25, 0.3) is 0 Å². The highest BCUT2D eigenvalue weighted by molar-refractivity contribution is 14.1. The van der Waals surface area contributed by atoms with Crippen molar-refractivity contribution in [2.75, 3.05) is 19.5 Å². The molecule has 21 heavy (non-hydrogen) atoms. The maximum atomic E-state index is 12.1. The Kier molecular flexibility index (Phi) is 6.13. The van der Waals surface area contributed by atoms with Crippen LogP contribution in [-0.4, -0.2) is 37.1 Å². The first-order valence-corrected chi connectivity index (χ1v) is 8.52. The number of esters is 1. The standard InChI is InChI=1S/C15H19ClINO3/c1-20-14(19)15(6-3-7-16)9-13(10-18-15)21-12-5-2-4-11(17)8-12/h2,4-5,8,13,18H,3,6-7,9-10H2,1H3/t13-,15-/m0/s1. The third kappa shape index (κ3) is 4.23. The summed E-state index contributed by atoms with van der Waals surface area (Å²) in [6.45, 7) is 0.628. The van der Waals surface area contributed by atoms with Crippen LogP contribution in [0.1, 0.15) is 19.3 Å². The molecule has 0 radical (unpaired) electrons. The zero-order valence-electron chi connectivity index (χ0n) is 11.9. The molecule has 2 atom stereocenters. The number of hydrogen-bond donors (Lipinski definition) is 1. The van der Waals surface area contributed by atoms with Gasteiger partial charge >= 0.3 is 5.97 Å². The fourth-order valence-electron chi connectivity index (χ4n) is 2.67. The monoisotopic (exact) mass is 423 g/mol. The van der Waals surface area contributed by atoms with E-state index in [1.165, 1.54) is 7.11 Å². The van der Waals surface area contributed by atoms with E-state index in [9.17, 15) is 4.79 Å². The fraction of sp³-hybridized carbons (Fsp3) is 0.533. The number of hydrogen-bond acceptors (Lipinski definition) is 4. The second-order valence-electron chi connectivity index (χ2n) is 5.15. The van der Waals surface area contributed by atoms with Crippen LogP contribution in [0.15, 0.2) is 24.3 Å². The van der Waals surface area contributed by atoms with E-state index in [2.05, 4.69) is 27.9 Å². The van der Waals surface area contributed by atoms with E-state index in [0.29, 0.717) is 25.3 Å². The highest BCUT2D eigenvalue weighted by Crippen LogP contribution is 2.29. The second kappa shape index (κ2) is 7.65. The van der Waals surface area contributed by atoms with Crippen molar-refractivity contribution in [1.82, 2.24) is 5.32 Å². The molecule has 1 fully saturated rings. The van der Waals surface area contributed by atoms with Gasteiger partial charge in [-0.15, -0.1) is 11.6 Å². The maximum Gasteiger partial charge on any atom is 0.326 e. The van der Waals surface area contributed by atoms with E-state index in [1.807, 2.05) is 24.3 Å². The molecule has 1 N–H and O–H groups in total. The van der Waals surface area contributed by atoms with Gasteiger partial charge in [-0.25, -0.2) is 0 Å². The maximum absolute atomic E-state index is 12.1. The normalized spacial score (nSPS) is 24.8. The molecule has 1 aliphatic rings. The van der Waals surface area contributed by atoms with Crippen molar-refractivity contribution in [3.8, 4) is 5.75 Å². The predicted molar refractivity (Wildman–Crippen MR) is 90.9 cm³/mol. The average molecular weight is 424 g/mol. The molecule has 4 nitrogen and oxygen atoms in total. The van der Waals surface area contributed by atoms with Crippen molar-refractivity contribution in [3.63, 3.8) is 0 Å². The minimum absolute atomic E-state index is 0.0439. The average Bonchev–Trinajstić information content (AvgIpc) is 2.88. The molecule has 0 amide bonds. The summed E-state index contributed by atoms with van der Waals surface area (Å²) in [5, 5.41) is 3.28. The van der Waals surface area contributed by atoms with Gasteiger partial charge in [-0.2, -0.15) is 0 Å². The van der Waals surface area contributed by atoms with Gasteiger partial charge in [0.05, 0.1) is 7.11 Å². The lowest BCUT2D eigenvalue weighted by Crippen LogP contribution is -2.48. The van der Waals surface area contributed by atoms with Crippen LogP contribution in [0.3, 0.4) is 0 Å². The van der Waals surface area contributed by atoms with E-state index >= 15 is 0 Å². The molecular formula is C15H19ClINO3. The summed E-state index contributed by atoms with van der Waals surface area (Å²) in [6.07, 6.45) is 1.98. The van der Waals surface area contributed by atoms with Crippen molar-refractivity contribution in [2.24, 2.45) is 0 Å². The Morgan fingerprint density at radius 3 is 3.05 bits per heavy atom. The van der Waals surface area contributed by atoms with Crippen LogP contribution in [0.5, 0.6) is 5.75 Å². The number of methoxy groups -OCH3 is 1. The number of carbonyl (C=O) groups is 1. The summed E-state index contributed by atoms with van der Waals surface area (Å²) >= 11 is 8.01. The molecule has 0 saturated carbocycles. The Balaban J connectivity index is 2.03. The van der Waals surface area contributed by atoms with Gasteiger partial charge in [0.15, 0.2) is 0 Å². The second-order valence-corrected chi connectivity index (χ2v) is 6.77. The zero-order valence-corrected chi connectivity index (χ0v) is 14.8. The molecule has 1 heterocycles. The summed E-state index contributed by atoms with van der Waals surface area (Å²) in [5.41, 5.74) is -0.670. The lowest BCUT2D eigenvalue weighted by Gasteiger charge is -2.26.